The number of Topliss-reactive ketones (excluding diaryl/α,β-unsaturated/α-hetero) is 1. The Balaban J connectivity index is 4.01. The van der Waals surface area contributed by atoms with Gasteiger partial charge in [-0.15, -0.1) is 0 Å². The molecule has 0 saturated heterocycles. The number of carbonyl (C=O) groups is 1. The lowest BCUT2D eigenvalue weighted by Gasteiger charge is -2.29. The fraction of sp³-hybridized carbons (Fsp3) is 0.923. The molecule has 0 aromatic heterocycles. The third-order valence-corrected chi connectivity index (χ3v) is 2.45. The van der Waals surface area contributed by atoms with Gasteiger partial charge in [-0.05, 0) is 34.1 Å². The van der Waals surface area contributed by atoms with Crippen molar-refractivity contribution in [3.8, 4) is 0 Å². The number of ether oxygens (including phenoxy) is 1. The van der Waals surface area contributed by atoms with Gasteiger partial charge in [0, 0.05) is 17.9 Å². The van der Waals surface area contributed by atoms with Crippen LogP contribution in [0.15, 0.2) is 0 Å². The molecule has 0 atom stereocenters. The Bertz CT molecular complexity index is 227. The quantitative estimate of drug-likeness (QED) is 0.730. The molecule has 2 N–H and O–H groups in total. The predicted octanol–water partition coefficient (Wildman–Crippen LogP) is 2.52. The van der Waals surface area contributed by atoms with Gasteiger partial charge in [-0.25, -0.2) is 0 Å². The van der Waals surface area contributed by atoms with Crippen molar-refractivity contribution in [1.82, 2.24) is 0 Å². The normalized spacial score (nSPS) is 13.2. The molecule has 0 aliphatic carbocycles. The maximum absolute atomic E-state index is 11.5. The Kier molecular flexibility index (Phi) is 5.63. The molecular formula is C13H27NO2. The summed E-state index contributed by atoms with van der Waals surface area (Å²) in [6, 6.07) is 0. The zero-order valence-electron chi connectivity index (χ0n) is 11.6. The number of hydrogen-bond acceptors (Lipinski definition) is 3. The van der Waals surface area contributed by atoms with Crippen molar-refractivity contribution in [2.45, 2.75) is 65.5 Å². The molecule has 0 aromatic carbocycles. The number of carbonyl (C=O) groups excluding carboxylic acids is 1. The molecule has 0 unspecified atom stereocenters. The van der Waals surface area contributed by atoms with Crippen LogP contribution in [0.1, 0.15) is 54.4 Å². The maximum atomic E-state index is 11.5. The van der Waals surface area contributed by atoms with Gasteiger partial charge in [0.05, 0.1) is 12.2 Å². The lowest BCUT2D eigenvalue weighted by atomic mass is 9.96. The first-order chi connectivity index (χ1) is 7.03. The highest BCUT2D eigenvalue weighted by Gasteiger charge is 2.23. The molecule has 0 spiro atoms. The molecule has 96 valence electrons. The summed E-state index contributed by atoms with van der Waals surface area (Å²) < 4.78 is 5.75. The minimum absolute atomic E-state index is 0.113. The zero-order valence-corrected chi connectivity index (χ0v) is 11.6. The number of ketones is 1. The van der Waals surface area contributed by atoms with Gasteiger partial charge >= 0.3 is 0 Å². The third kappa shape index (κ3) is 7.83. The SMILES string of the molecule is CC(C)C(=O)CCC(C)(C)OCC(C)(C)N. The van der Waals surface area contributed by atoms with E-state index in [2.05, 4.69) is 0 Å². The summed E-state index contributed by atoms with van der Waals surface area (Å²) in [6.45, 7) is 12.2. The van der Waals surface area contributed by atoms with Crippen molar-refractivity contribution >= 4 is 5.78 Å². The van der Waals surface area contributed by atoms with E-state index in [0.717, 1.165) is 6.42 Å². The Morgan fingerprint density at radius 3 is 2.12 bits per heavy atom. The van der Waals surface area contributed by atoms with E-state index in [9.17, 15) is 4.79 Å². The summed E-state index contributed by atoms with van der Waals surface area (Å²) in [6.07, 6.45) is 1.33. The fourth-order valence-electron chi connectivity index (χ4n) is 1.17. The van der Waals surface area contributed by atoms with Crippen molar-refractivity contribution in [3.63, 3.8) is 0 Å². The van der Waals surface area contributed by atoms with E-state index in [1.54, 1.807) is 0 Å². The molecule has 0 amide bonds. The first-order valence-electron chi connectivity index (χ1n) is 5.99. The van der Waals surface area contributed by atoms with E-state index in [4.69, 9.17) is 10.5 Å². The molecule has 0 bridgehead atoms. The van der Waals surface area contributed by atoms with Gasteiger partial charge in [-0.1, -0.05) is 13.8 Å². The second-order valence-electron chi connectivity index (χ2n) is 6.16. The molecule has 16 heavy (non-hydrogen) atoms. The Morgan fingerprint density at radius 2 is 1.75 bits per heavy atom. The van der Waals surface area contributed by atoms with E-state index in [1.165, 1.54) is 0 Å². The summed E-state index contributed by atoms with van der Waals surface area (Å²) in [5, 5.41) is 0. The largest absolute Gasteiger partial charge is 0.374 e. The third-order valence-electron chi connectivity index (χ3n) is 2.45. The summed E-state index contributed by atoms with van der Waals surface area (Å²) in [7, 11) is 0. The van der Waals surface area contributed by atoms with Gasteiger partial charge in [0.25, 0.3) is 0 Å². The van der Waals surface area contributed by atoms with E-state index in [0.29, 0.717) is 18.8 Å². The van der Waals surface area contributed by atoms with Crippen LogP contribution >= 0.6 is 0 Å². The van der Waals surface area contributed by atoms with Crippen molar-refractivity contribution in [3.05, 3.63) is 0 Å². The Hall–Kier alpha value is -0.410. The summed E-state index contributed by atoms with van der Waals surface area (Å²) >= 11 is 0. The van der Waals surface area contributed by atoms with Gasteiger partial charge < -0.3 is 10.5 Å². The minimum atomic E-state index is -0.320. The van der Waals surface area contributed by atoms with Crippen LogP contribution in [-0.2, 0) is 9.53 Å². The van der Waals surface area contributed by atoms with Crippen LogP contribution in [0.5, 0.6) is 0 Å². The topological polar surface area (TPSA) is 52.3 Å². The molecule has 0 aliphatic rings. The molecule has 0 fully saturated rings. The van der Waals surface area contributed by atoms with Crippen LogP contribution < -0.4 is 5.73 Å². The first kappa shape index (κ1) is 15.6. The first-order valence-corrected chi connectivity index (χ1v) is 5.99. The van der Waals surface area contributed by atoms with Crippen molar-refractivity contribution in [2.24, 2.45) is 11.7 Å². The summed E-state index contributed by atoms with van der Waals surface area (Å²) in [5.41, 5.74) is 5.26. The zero-order chi connectivity index (χ0) is 13.0. The maximum Gasteiger partial charge on any atom is 0.135 e. The van der Waals surface area contributed by atoms with Crippen LogP contribution in [0.3, 0.4) is 0 Å². The highest BCUT2D eigenvalue weighted by molar-refractivity contribution is 5.80. The highest BCUT2D eigenvalue weighted by Crippen LogP contribution is 2.19. The summed E-state index contributed by atoms with van der Waals surface area (Å²) in [5.74, 6) is 0.408. The van der Waals surface area contributed by atoms with Gasteiger partial charge in [0.1, 0.15) is 5.78 Å². The van der Waals surface area contributed by atoms with E-state index in [-0.39, 0.29) is 17.1 Å². The average Bonchev–Trinajstić information content (AvgIpc) is 2.10. The molecular weight excluding hydrogens is 202 g/mol. The molecule has 0 aromatic rings. The summed E-state index contributed by atoms with van der Waals surface area (Å²) in [4.78, 5) is 11.5. The number of rotatable bonds is 7. The molecule has 0 saturated carbocycles. The van der Waals surface area contributed by atoms with Gasteiger partial charge in [0.2, 0.25) is 0 Å². The van der Waals surface area contributed by atoms with Crippen LogP contribution in [0.25, 0.3) is 0 Å². The van der Waals surface area contributed by atoms with Gasteiger partial charge in [0.15, 0.2) is 0 Å². The van der Waals surface area contributed by atoms with E-state index < -0.39 is 0 Å². The van der Waals surface area contributed by atoms with E-state index in [1.807, 2.05) is 41.5 Å². The standard InChI is InChI=1S/C13H27NO2/c1-10(2)11(15)7-8-13(5,6)16-9-12(3,4)14/h10H,7-9,14H2,1-6H3. The van der Waals surface area contributed by atoms with E-state index >= 15 is 0 Å². The Labute approximate surface area is 99.7 Å². The molecule has 0 heterocycles. The second-order valence-corrected chi connectivity index (χ2v) is 6.16. The fourth-order valence-corrected chi connectivity index (χ4v) is 1.17. The lowest BCUT2D eigenvalue weighted by Crippen LogP contribution is -2.41. The van der Waals surface area contributed by atoms with Crippen molar-refractivity contribution in [1.29, 1.82) is 0 Å². The van der Waals surface area contributed by atoms with Crippen LogP contribution in [0, 0.1) is 5.92 Å². The van der Waals surface area contributed by atoms with Crippen LogP contribution in [0.4, 0.5) is 0 Å². The van der Waals surface area contributed by atoms with Crippen LogP contribution in [-0.4, -0.2) is 23.5 Å². The van der Waals surface area contributed by atoms with Crippen molar-refractivity contribution in [2.75, 3.05) is 6.61 Å². The molecule has 3 nitrogen and oxygen atoms in total. The monoisotopic (exact) mass is 229 g/mol. The Morgan fingerprint density at radius 1 is 1.25 bits per heavy atom. The minimum Gasteiger partial charge on any atom is -0.374 e. The predicted molar refractivity (Wildman–Crippen MR) is 67.4 cm³/mol. The number of nitrogens with two attached hydrogens (primary N) is 1. The molecule has 3 heteroatoms. The number of hydrogen-bond donors (Lipinski definition) is 1. The lowest BCUT2D eigenvalue weighted by molar-refractivity contribution is -0.123. The molecule has 0 aliphatic heterocycles. The average molecular weight is 229 g/mol. The van der Waals surface area contributed by atoms with Gasteiger partial charge in [-0.2, -0.15) is 0 Å². The second kappa shape index (κ2) is 5.78. The molecule has 0 radical (unpaired) electrons. The van der Waals surface area contributed by atoms with Crippen molar-refractivity contribution < 1.29 is 9.53 Å². The van der Waals surface area contributed by atoms with Gasteiger partial charge in [-0.3, -0.25) is 4.79 Å². The highest BCUT2D eigenvalue weighted by atomic mass is 16.5. The smallest absolute Gasteiger partial charge is 0.135 e. The van der Waals surface area contributed by atoms with Crippen LogP contribution in [0.2, 0.25) is 0 Å². The molecule has 0 rings (SSSR count).